The van der Waals surface area contributed by atoms with Gasteiger partial charge in [-0.25, -0.2) is 4.39 Å². The van der Waals surface area contributed by atoms with Gasteiger partial charge in [0.25, 0.3) is 0 Å². The standard InChI is InChI=1S/C17H22FNO/c1-4-13(2)19(17-7-5-16(18)6-8-17)14(3)15-9-11-20-12-10-15/h5-8,15H,2-4,9-12H2,1H3. The summed E-state index contributed by atoms with van der Waals surface area (Å²) in [5, 5.41) is 0. The second kappa shape index (κ2) is 6.71. The Morgan fingerprint density at radius 1 is 1.25 bits per heavy atom. The second-order valence-corrected chi connectivity index (χ2v) is 5.11. The summed E-state index contributed by atoms with van der Waals surface area (Å²) in [7, 11) is 0. The molecule has 0 unspecified atom stereocenters. The molecule has 0 saturated carbocycles. The maximum absolute atomic E-state index is 13.1. The smallest absolute Gasteiger partial charge is 0.123 e. The fraction of sp³-hybridized carbons (Fsp3) is 0.412. The van der Waals surface area contributed by atoms with Crippen LogP contribution in [0.25, 0.3) is 0 Å². The van der Waals surface area contributed by atoms with E-state index in [1.807, 2.05) is 0 Å². The third-order valence-corrected chi connectivity index (χ3v) is 3.79. The highest BCUT2D eigenvalue weighted by atomic mass is 19.1. The quantitative estimate of drug-likeness (QED) is 0.784. The highest BCUT2D eigenvalue weighted by Gasteiger charge is 2.23. The Bertz CT molecular complexity index is 474. The van der Waals surface area contributed by atoms with Crippen molar-refractivity contribution in [3.63, 3.8) is 0 Å². The summed E-state index contributed by atoms with van der Waals surface area (Å²) in [5.41, 5.74) is 2.94. The summed E-state index contributed by atoms with van der Waals surface area (Å²) in [6.45, 7) is 12.0. The van der Waals surface area contributed by atoms with Crippen LogP contribution in [0, 0.1) is 11.7 Å². The van der Waals surface area contributed by atoms with Crippen molar-refractivity contribution in [2.75, 3.05) is 18.1 Å². The molecule has 20 heavy (non-hydrogen) atoms. The number of hydrogen-bond donors (Lipinski definition) is 0. The minimum Gasteiger partial charge on any atom is -0.381 e. The molecule has 0 aliphatic carbocycles. The van der Waals surface area contributed by atoms with Gasteiger partial charge in [0.1, 0.15) is 5.82 Å². The summed E-state index contributed by atoms with van der Waals surface area (Å²) >= 11 is 0. The van der Waals surface area contributed by atoms with Gasteiger partial charge in [-0.3, -0.25) is 0 Å². The number of halogens is 1. The van der Waals surface area contributed by atoms with E-state index in [2.05, 4.69) is 25.0 Å². The van der Waals surface area contributed by atoms with Crippen LogP contribution in [-0.4, -0.2) is 13.2 Å². The van der Waals surface area contributed by atoms with Gasteiger partial charge in [-0.05, 0) is 43.5 Å². The molecule has 0 atom stereocenters. The molecule has 0 amide bonds. The fourth-order valence-corrected chi connectivity index (χ4v) is 2.51. The SMILES string of the molecule is C=C(CC)N(C(=C)C1CCOCC1)c1ccc(F)cc1. The topological polar surface area (TPSA) is 12.5 Å². The highest BCUT2D eigenvalue weighted by Crippen LogP contribution is 2.32. The maximum atomic E-state index is 13.1. The Kier molecular flexibility index (Phi) is 4.96. The van der Waals surface area contributed by atoms with Crippen molar-refractivity contribution >= 4 is 5.69 Å². The lowest BCUT2D eigenvalue weighted by Crippen LogP contribution is -2.29. The molecule has 2 nitrogen and oxygen atoms in total. The minimum atomic E-state index is -0.229. The van der Waals surface area contributed by atoms with Gasteiger partial charge in [-0.15, -0.1) is 0 Å². The molecular formula is C17H22FNO. The Hall–Kier alpha value is -1.61. The first-order valence-electron chi connectivity index (χ1n) is 7.13. The Labute approximate surface area is 120 Å². The molecule has 0 bridgehead atoms. The minimum absolute atomic E-state index is 0.229. The average molecular weight is 275 g/mol. The summed E-state index contributed by atoms with van der Waals surface area (Å²) in [5.74, 6) is 0.171. The Morgan fingerprint density at radius 2 is 1.85 bits per heavy atom. The number of rotatable bonds is 5. The summed E-state index contributed by atoms with van der Waals surface area (Å²) in [6, 6.07) is 6.51. The van der Waals surface area contributed by atoms with Crippen molar-refractivity contribution in [1.82, 2.24) is 0 Å². The third-order valence-electron chi connectivity index (χ3n) is 3.79. The number of anilines is 1. The van der Waals surface area contributed by atoms with Gasteiger partial charge >= 0.3 is 0 Å². The predicted octanol–water partition coefficient (Wildman–Crippen LogP) is 4.50. The van der Waals surface area contributed by atoms with E-state index in [0.29, 0.717) is 5.92 Å². The zero-order valence-corrected chi connectivity index (χ0v) is 12.1. The van der Waals surface area contributed by atoms with E-state index in [1.54, 1.807) is 12.1 Å². The predicted molar refractivity (Wildman–Crippen MR) is 81.0 cm³/mol. The van der Waals surface area contributed by atoms with E-state index >= 15 is 0 Å². The second-order valence-electron chi connectivity index (χ2n) is 5.11. The number of allylic oxidation sites excluding steroid dienone is 2. The van der Waals surface area contributed by atoms with Gasteiger partial charge in [-0.1, -0.05) is 20.1 Å². The molecular weight excluding hydrogens is 253 g/mol. The molecule has 1 saturated heterocycles. The molecule has 0 aromatic heterocycles. The van der Waals surface area contributed by atoms with Crippen molar-refractivity contribution in [2.24, 2.45) is 5.92 Å². The molecule has 0 radical (unpaired) electrons. The summed E-state index contributed by atoms with van der Waals surface area (Å²) in [6.07, 6.45) is 2.79. The van der Waals surface area contributed by atoms with E-state index in [1.165, 1.54) is 12.1 Å². The Morgan fingerprint density at radius 3 is 2.40 bits per heavy atom. The van der Waals surface area contributed by atoms with Gasteiger partial charge in [0.05, 0.1) is 0 Å². The number of hydrogen-bond acceptors (Lipinski definition) is 2. The van der Waals surface area contributed by atoms with E-state index in [4.69, 9.17) is 4.74 Å². The normalized spacial score (nSPS) is 15.9. The molecule has 1 aromatic rings. The van der Waals surface area contributed by atoms with Crippen molar-refractivity contribution in [1.29, 1.82) is 0 Å². The van der Waals surface area contributed by atoms with Gasteiger partial charge < -0.3 is 9.64 Å². The lowest BCUT2D eigenvalue weighted by Gasteiger charge is -2.34. The third kappa shape index (κ3) is 3.28. The van der Waals surface area contributed by atoms with Crippen LogP contribution in [0.1, 0.15) is 26.2 Å². The molecule has 1 aliphatic rings. The van der Waals surface area contributed by atoms with Crippen molar-refractivity contribution < 1.29 is 9.13 Å². The summed E-state index contributed by atoms with van der Waals surface area (Å²) < 4.78 is 18.5. The first kappa shape index (κ1) is 14.8. The van der Waals surface area contributed by atoms with E-state index in [0.717, 1.165) is 49.6 Å². The van der Waals surface area contributed by atoms with Crippen LogP contribution >= 0.6 is 0 Å². The fourth-order valence-electron chi connectivity index (χ4n) is 2.51. The van der Waals surface area contributed by atoms with Crippen LogP contribution in [0.2, 0.25) is 0 Å². The molecule has 0 N–H and O–H groups in total. The van der Waals surface area contributed by atoms with Crippen molar-refractivity contribution in [3.8, 4) is 0 Å². The zero-order chi connectivity index (χ0) is 14.5. The van der Waals surface area contributed by atoms with Gasteiger partial charge in [0.2, 0.25) is 0 Å². The van der Waals surface area contributed by atoms with E-state index < -0.39 is 0 Å². The molecule has 3 heteroatoms. The van der Waals surface area contributed by atoms with Crippen molar-refractivity contribution in [2.45, 2.75) is 26.2 Å². The number of nitrogens with zero attached hydrogens (tertiary/aromatic N) is 1. The molecule has 1 fully saturated rings. The van der Waals surface area contributed by atoms with Crippen molar-refractivity contribution in [3.05, 3.63) is 54.6 Å². The van der Waals surface area contributed by atoms with Crippen LogP contribution in [0.3, 0.4) is 0 Å². The van der Waals surface area contributed by atoms with Crippen LogP contribution in [0.5, 0.6) is 0 Å². The molecule has 0 spiro atoms. The number of benzene rings is 1. The van der Waals surface area contributed by atoms with Crippen LogP contribution in [-0.2, 0) is 4.74 Å². The van der Waals surface area contributed by atoms with E-state index in [9.17, 15) is 4.39 Å². The largest absolute Gasteiger partial charge is 0.381 e. The van der Waals surface area contributed by atoms with Gasteiger partial charge in [0.15, 0.2) is 0 Å². The van der Waals surface area contributed by atoms with Crippen LogP contribution in [0.15, 0.2) is 48.8 Å². The first-order chi connectivity index (χ1) is 9.63. The van der Waals surface area contributed by atoms with Gasteiger partial charge in [0, 0.05) is 36.2 Å². The molecule has 1 heterocycles. The first-order valence-corrected chi connectivity index (χ1v) is 7.13. The molecule has 2 rings (SSSR count). The maximum Gasteiger partial charge on any atom is 0.123 e. The lowest BCUT2D eigenvalue weighted by atomic mass is 9.95. The average Bonchev–Trinajstić information content (AvgIpc) is 2.50. The highest BCUT2D eigenvalue weighted by molar-refractivity contribution is 5.57. The van der Waals surface area contributed by atoms with Gasteiger partial charge in [-0.2, -0.15) is 0 Å². The van der Waals surface area contributed by atoms with E-state index in [-0.39, 0.29) is 5.82 Å². The molecule has 1 aromatic carbocycles. The van der Waals surface area contributed by atoms with Crippen LogP contribution < -0.4 is 4.90 Å². The molecule has 108 valence electrons. The Balaban J connectivity index is 2.24. The number of ether oxygens (including phenoxy) is 1. The lowest BCUT2D eigenvalue weighted by molar-refractivity contribution is 0.0754. The van der Waals surface area contributed by atoms with Crippen LogP contribution in [0.4, 0.5) is 10.1 Å². The molecule has 1 aliphatic heterocycles. The monoisotopic (exact) mass is 275 g/mol. The zero-order valence-electron chi connectivity index (χ0n) is 12.1. The summed E-state index contributed by atoms with van der Waals surface area (Å²) in [4.78, 5) is 2.06.